The molecule has 1 radical (unpaired) electrons. The standard InChI is InChI=1S/3C4H9O.H2O.2O.2V/c3*1-2-3-4-5;;;;;/h3*2-4H2,1H3;1H2;;;;/q3*-1;;;;;+4/p-1. The molecular weight excluding hydrogens is 342 g/mol. The van der Waals surface area contributed by atoms with Crippen LogP contribution in [0.4, 0.5) is 0 Å². The van der Waals surface area contributed by atoms with Crippen molar-refractivity contribution in [1.29, 1.82) is 0 Å². The van der Waals surface area contributed by atoms with Gasteiger partial charge >= 0.3 is 115 Å². The Hall–Kier alpha value is 0.609. The quantitative estimate of drug-likeness (QED) is 0.532. The van der Waals surface area contributed by atoms with Crippen molar-refractivity contribution in [3.8, 4) is 0 Å². The molecule has 0 atom stereocenters. The predicted octanol–water partition coefficient (Wildman–Crippen LogP) is 3.00. The average molecular weight is 370 g/mol. The molecule has 0 heterocycles. The third-order valence-corrected chi connectivity index (χ3v) is 5.94. The van der Waals surface area contributed by atoms with Gasteiger partial charge in [-0.25, -0.2) is 0 Å². The van der Waals surface area contributed by atoms with Crippen LogP contribution in [0.15, 0.2) is 0 Å². The van der Waals surface area contributed by atoms with Crippen LogP contribution >= 0.6 is 0 Å². The van der Waals surface area contributed by atoms with E-state index < -0.39 is 13.1 Å². The summed E-state index contributed by atoms with van der Waals surface area (Å²) >= 11 is -7.54. The fourth-order valence-electron chi connectivity index (χ4n) is 1.31. The summed E-state index contributed by atoms with van der Waals surface area (Å²) in [4.78, 5) is 0. The minimum atomic E-state index is -7.54. The Morgan fingerprint density at radius 3 is 1.20 bits per heavy atom. The minimum Gasteiger partial charge on any atom is 0 e. The zero-order chi connectivity index (χ0) is 14.9. The Balaban J connectivity index is 0. The van der Waals surface area contributed by atoms with E-state index in [-0.39, 0.29) is 38.4 Å². The van der Waals surface area contributed by atoms with Crippen LogP contribution in [0.2, 0.25) is 0 Å². The van der Waals surface area contributed by atoms with Crippen molar-refractivity contribution in [3.63, 3.8) is 0 Å². The molecule has 0 saturated carbocycles. The average Bonchev–Trinajstić information content (AvgIpc) is 2.29. The molecule has 0 aliphatic heterocycles. The van der Waals surface area contributed by atoms with Gasteiger partial charge in [0.1, 0.15) is 0 Å². The van der Waals surface area contributed by atoms with Gasteiger partial charge in [0.15, 0.2) is 0 Å². The van der Waals surface area contributed by atoms with E-state index in [0.717, 1.165) is 19.3 Å². The SMILES string of the molecule is CCCC[O][V](=[O])(=[O])([OH])([O]CCCC)[O]CCCC.[V]. The van der Waals surface area contributed by atoms with Crippen LogP contribution < -0.4 is 0 Å². The summed E-state index contributed by atoms with van der Waals surface area (Å²) in [6.45, 7) is 5.24. The van der Waals surface area contributed by atoms with E-state index >= 15 is 0 Å². The van der Waals surface area contributed by atoms with Crippen molar-refractivity contribution >= 4 is 0 Å². The first-order valence-corrected chi connectivity index (χ1v) is 10.6. The first-order valence-electron chi connectivity index (χ1n) is 7.10. The topological polar surface area (TPSA) is 82.1 Å². The summed E-state index contributed by atoms with van der Waals surface area (Å²) in [5.74, 6) is 0. The normalized spacial score (nSPS) is 15.2. The van der Waals surface area contributed by atoms with Gasteiger partial charge in [-0.05, 0) is 0 Å². The zero-order valence-electron chi connectivity index (χ0n) is 12.7. The van der Waals surface area contributed by atoms with Gasteiger partial charge in [0.25, 0.3) is 0 Å². The van der Waals surface area contributed by atoms with Crippen LogP contribution in [0.1, 0.15) is 59.3 Å². The van der Waals surface area contributed by atoms with Crippen LogP contribution in [0, 0.1) is 0 Å². The van der Waals surface area contributed by atoms with Crippen molar-refractivity contribution in [1.82, 2.24) is 0 Å². The van der Waals surface area contributed by atoms with Crippen LogP contribution in [0.3, 0.4) is 0 Å². The van der Waals surface area contributed by atoms with E-state index in [0.29, 0.717) is 19.3 Å². The summed E-state index contributed by atoms with van der Waals surface area (Å²) in [5.41, 5.74) is 0. The Morgan fingerprint density at radius 2 is 1.00 bits per heavy atom. The monoisotopic (exact) mass is 370 g/mol. The minimum absolute atomic E-state index is 0. The second-order valence-electron chi connectivity index (χ2n) is 4.71. The molecule has 0 aromatic heterocycles. The Bertz CT molecular complexity index is 362. The third-order valence-electron chi connectivity index (χ3n) is 2.57. The van der Waals surface area contributed by atoms with Gasteiger partial charge < -0.3 is 0 Å². The molecule has 0 aromatic rings. The molecule has 0 saturated heterocycles. The van der Waals surface area contributed by atoms with E-state index in [9.17, 15) is 11.4 Å². The Labute approximate surface area is 133 Å². The van der Waals surface area contributed by atoms with E-state index in [2.05, 4.69) is 0 Å². The Morgan fingerprint density at radius 1 is 0.750 bits per heavy atom. The number of hydrogen-bond donors (Lipinski definition) is 1. The fraction of sp³-hybridized carbons (Fsp3) is 1.00. The first kappa shape index (κ1) is 22.9. The molecule has 20 heavy (non-hydrogen) atoms. The summed E-state index contributed by atoms with van der Waals surface area (Å²) in [6, 6.07) is 0. The predicted molar refractivity (Wildman–Crippen MR) is 66.2 cm³/mol. The van der Waals surface area contributed by atoms with Gasteiger partial charge in [-0.2, -0.15) is 0 Å². The molecule has 1 N–H and O–H groups in total. The maximum atomic E-state index is 12.4. The summed E-state index contributed by atoms with van der Waals surface area (Å²) in [6.07, 6.45) is 3.73. The van der Waals surface area contributed by atoms with Gasteiger partial charge in [0, 0.05) is 18.6 Å². The maximum Gasteiger partial charge on any atom is 0 e. The molecule has 0 fully saturated rings. The molecule has 0 unspecified atom stereocenters. The molecule has 0 aliphatic carbocycles. The summed E-state index contributed by atoms with van der Waals surface area (Å²) in [7, 11) is 0. The molecule has 8 heteroatoms. The van der Waals surface area contributed by atoms with Crippen molar-refractivity contribution in [3.05, 3.63) is 0 Å². The van der Waals surface area contributed by atoms with Gasteiger partial charge in [0.2, 0.25) is 0 Å². The maximum absolute atomic E-state index is 12.4. The van der Waals surface area contributed by atoms with E-state index in [4.69, 9.17) is 11.0 Å². The molecule has 0 amide bonds. The van der Waals surface area contributed by atoms with Crippen molar-refractivity contribution in [2.24, 2.45) is 0 Å². The zero-order valence-corrected chi connectivity index (χ0v) is 15.5. The summed E-state index contributed by atoms with van der Waals surface area (Å²) < 4.78 is 48.9. The molecule has 0 aliphatic rings. The number of rotatable bonds is 12. The largest absolute Gasteiger partial charge is 0 e. The number of unbranched alkanes of at least 4 members (excludes halogenated alkanes) is 3. The second kappa shape index (κ2) is 8.91. The van der Waals surface area contributed by atoms with Crippen molar-refractivity contribution in [2.45, 2.75) is 59.3 Å². The first-order chi connectivity index (χ1) is 8.71. The molecule has 6 nitrogen and oxygen atoms in total. The smallest absolute Gasteiger partial charge is 0 e. The van der Waals surface area contributed by atoms with Crippen LogP contribution in [-0.4, -0.2) is 23.9 Å². The number of hydrogen-bond acceptors (Lipinski definition) is 5. The van der Waals surface area contributed by atoms with Crippen LogP contribution in [0.25, 0.3) is 0 Å². The van der Waals surface area contributed by atoms with E-state index in [1.165, 1.54) is 0 Å². The fourth-order valence-corrected chi connectivity index (χ4v) is 4.04. The van der Waals surface area contributed by atoms with Gasteiger partial charge in [-0.15, -0.1) is 0 Å². The molecular formula is C12H28O6V2. The molecule has 0 rings (SSSR count). The van der Waals surface area contributed by atoms with Crippen LogP contribution in [-0.2, 0) is 49.9 Å². The molecule has 0 bridgehead atoms. The van der Waals surface area contributed by atoms with Crippen molar-refractivity contribution in [2.75, 3.05) is 19.8 Å². The van der Waals surface area contributed by atoms with Gasteiger partial charge in [-0.3, -0.25) is 0 Å². The van der Waals surface area contributed by atoms with E-state index in [1.807, 2.05) is 20.8 Å². The van der Waals surface area contributed by atoms with Crippen LogP contribution in [0.5, 0.6) is 0 Å². The van der Waals surface area contributed by atoms with E-state index in [1.54, 1.807) is 0 Å². The molecule has 0 spiro atoms. The second-order valence-corrected chi connectivity index (χ2v) is 9.53. The molecule has 0 aromatic carbocycles. The van der Waals surface area contributed by atoms with Gasteiger partial charge in [-0.1, -0.05) is 0 Å². The molecule has 122 valence electrons. The van der Waals surface area contributed by atoms with Crippen molar-refractivity contribution < 1.29 is 54.0 Å². The third kappa shape index (κ3) is 9.53. The summed E-state index contributed by atoms with van der Waals surface area (Å²) in [5, 5.41) is 0. The Kier molecular flexibility index (Phi) is 10.2. The van der Waals surface area contributed by atoms with Gasteiger partial charge in [0.05, 0.1) is 0 Å².